The van der Waals surface area contributed by atoms with Crippen LogP contribution >= 0.6 is 11.8 Å². The SMILES string of the molecule is c1c2c(cc3c1OCC(=NC1CCCCC1)S3)OCO2. The Hall–Kier alpha value is -1.36. The summed E-state index contributed by atoms with van der Waals surface area (Å²) in [6.07, 6.45) is 6.41. The van der Waals surface area contributed by atoms with Gasteiger partial charge in [-0.15, -0.1) is 0 Å². The van der Waals surface area contributed by atoms with E-state index in [2.05, 4.69) is 0 Å². The highest BCUT2D eigenvalue weighted by Gasteiger charge is 2.24. The zero-order valence-corrected chi connectivity index (χ0v) is 12.1. The van der Waals surface area contributed by atoms with Gasteiger partial charge in [0.2, 0.25) is 6.79 Å². The molecule has 4 nitrogen and oxygen atoms in total. The van der Waals surface area contributed by atoms with E-state index in [0.29, 0.717) is 19.4 Å². The van der Waals surface area contributed by atoms with Crippen molar-refractivity contribution in [2.24, 2.45) is 4.99 Å². The molecule has 0 spiro atoms. The first-order valence-electron chi connectivity index (χ1n) is 7.19. The van der Waals surface area contributed by atoms with E-state index in [1.807, 2.05) is 12.1 Å². The summed E-state index contributed by atoms with van der Waals surface area (Å²) in [5, 5.41) is 1.09. The Morgan fingerprint density at radius 1 is 0.950 bits per heavy atom. The average Bonchev–Trinajstić information content (AvgIpc) is 2.93. The summed E-state index contributed by atoms with van der Waals surface area (Å²) >= 11 is 1.71. The second-order valence-electron chi connectivity index (χ2n) is 5.36. The molecule has 1 saturated carbocycles. The van der Waals surface area contributed by atoms with E-state index < -0.39 is 0 Å². The first-order valence-corrected chi connectivity index (χ1v) is 8.01. The molecule has 1 aromatic carbocycles. The average molecular weight is 291 g/mol. The Balaban J connectivity index is 1.55. The molecule has 0 atom stereocenters. The zero-order chi connectivity index (χ0) is 13.4. The van der Waals surface area contributed by atoms with E-state index in [1.54, 1.807) is 11.8 Å². The predicted octanol–water partition coefficient (Wildman–Crippen LogP) is 3.63. The summed E-state index contributed by atoms with van der Waals surface area (Å²) in [7, 11) is 0. The zero-order valence-electron chi connectivity index (χ0n) is 11.3. The number of hydrogen-bond acceptors (Lipinski definition) is 5. The quantitative estimate of drug-likeness (QED) is 0.792. The monoisotopic (exact) mass is 291 g/mol. The molecule has 20 heavy (non-hydrogen) atoms. The number of rotatable bonds is 1. The molecule has 0 saturated heterocycles. The fourth-order valence-corrected chi connectivity index (χ4v) is 3.83. The summed E-state index contributed by atoms with van der Waals surface area (Å²) in [4.78, 5) is 5.95. The first-order chi connectivity index (χ1) is 9.88. The van der Waals surface area contributed by atoms with Gasteiger partial charge in [0.25, 0.3) is 0 Å². The number of nitrogens with zero attached hydrogens (tertiary/aromatic N) is 1. The number of benzene rings is 1. The molecule has 0 N–H and O–H groups in total. The predicted molar refractivity (Wildman–Crippen MR) is 78.2 cm³/mol. The molecule has 2 heterocycles. The van der Waals surface area contributed by atoms with Crippen LogP contribution in [0.2, 0.25) is 0 Å². The standard InChI is InChI=1S/C15H17NO3S/c1-2-4-10(5-3-1)16-15-8-17-13-6-11-12(19-9-18-11)7-14(13)20-15/h6-7,10H,1-5,8-9H2. The van der Waals surface area contributed by atoms with Crippen LogP contribution < -0.4 is 14.2 Å². The third-order valence-electron chi connectivity index (χ3n) is 3.92. The van der Waals surface area contributed by atoms with Gasteiger partial charge in [-0.25, -0.2) is 0 Å². The van der Waals surface area contributed by atoms with Gasteiger partial charge in [0.05, 0.1) is 10.9 Å². The van der Waals surface area contributed by atoms with E-state index in [9.17, 15) is 0 Å². The lowest BCUT2D eigenvalue weighted by molar-refractivity contribution is 0.173. The maximum absolute atomic E-state index is 5.82. The van der Waals surface area contributed by atoms with E-state index in [0.717, 1.165) is 27.2 Å². The molecule has 1 fully saturated rings. The van der Waals surface area contributed by atoms with E-state index >= 15 is 0 Å². The van der Waals surface area contributed by atoms with Gasteiger partial charge in [-0.2, -0.15) is 0 Å². The van der Waals surface area contributed by atoms with Crippen LogP contribution in [0.3, 0.4) is 0 Å². The highest BCUT2D eigenvalue weighted by molar-refractivity contribution is 8.14. The van der Waals surface area contributed by atoms with Crippen molar-refractivity contribution in [2.75, 3.05) is 13.4 Å². The van der Waals surface area contributed by atoms with E-state index in [4.69, 9.17) is 19.2 Å². The summed E-state index contributed by atoms with van der Waals surface area (Å²) in [5.41, 5.74) is 0. The number of thioether (sulfide) groups is 1. The van der Waals surface area contributed by atoms with E-state index in [-0.39, 0.29) is 0 Å². The maximum atomic E-state index is 5.82. The van der Waals surface area contributed by atoms with Gasteiger partial charge in [-0.1, -0.05) is 31.0 Å². The largest absolute Gasteiger partial charge is 0.485 e. The molecule has 0 aromatic heterocycles. The number of ether oxygens (including phenoxy) is 3. The van der Waals surface area contributed by atoms with Crippen LogP contribution in [0.1, 0.15) is 32.1 Å². The van der Waals surface area contributed by atoms with Gasteiger partial charge < -0.3 is 14.2 Å². The third-order valence-corrected chi connectivity index (χ3v) is 4.92. The van der Waals surface area contributed by atoms with Crippen LogP contribution in [0.15, 0.2) is 22.0 Å². The van der Waals surface area contributed by atoms with Crippen molar-refractivity contribution >= 4 is 16.8 Å². The van der Waals surface area contributed by atoms with Gasteiger partial charge in [0.1, 0.15) is 17.4 Å². The number of hydrogen-bond donors (Lipinski definition) is 0. The first kappa shape index (κ1) is 12.4. The molecule has 106 valence electrons. The molecule has 4 rings (SSSR count). The molecule has 0 bridgehead atoms. The highest BCUT2D eigenvalue weighted by Crippen LogP contribution is 2.44. The molecular formula is C15H17NO3S. The fourth-order valence-electron chi connectivity index (χ4n) is 2.87. The summed E-state index contributed by atoms with van der Waals surface area (Å²) in [5.74, 6) is 2.46. The topological polar surface area (TPSA) is 40.0 Å². The molecular weight excluding hydrogens is 274 g/mol. The Labute approximate surface area is 122 Å². The van der Waals surface area contributed by atoms with Gasteiger partial charge in [0.15, 0.2) is 11.5 Å². The number of aliphatic imine (C=N–C) groups is 1. The summed E-state index contributed by atoms with van der Waals surface area (Å²) < 4.78 is 16.6. The fraction of sp³-hybridized carbons (Fsp3) is 0.533. The van der Waals surface area contributed by atoms with Crippen molar-refractivity contribution < 1.29 is 14.2 Å². The minimum atomic E-state index is 0.298. The number of fused-ring (bicyclic) bond motifs is 2. The van der Waals surface area contributed by atoms with E-state index in [1.165, 1.54) is 32.1 Å². The molecule has 0 amide bonds. The highest BCUT2D eigenvalue weighted by atomic mass is 32.2. The lowest BCUT2D eigenvalue weighted by atomic mass is 9.96. The Kier molecular flexibility index (Phi) is 3.22. The second kappa shape index (κ2) is 5.20. The second-order valence-corrected chi connectivity index (χ2v) is 6.47. The summed E-state index contributed by atoms with van der Waals surface area (Å²) in [6, 6.07) is 4.41. The molecule has 1 aliphatic carbocycles. The van der Waals surface area contributed by atoms with Crippen molar-refractivity contribution in [3.63, 3.8) is 0 Å². The van der Waals surface area contributed by atoms with Gasteiger partial charge in [-0.05, 0) is 12.8 Å². The van der Waals surface area contributed by atoms with Gasteiger partial charge in [0, 0.05) is 12.1 Å². The molecule has 5 heteroatoms. The molecule has 0 unspecified atom stereocenters. The third kappa shape index (κ3) is 2.35. The molecule has 3 aliphatic rings. The Bertz CT molecular complexity index is 552. The van der Waals surface area contributed by atoms with Crippen LogP contribution in [0.5, 0.6) is 17.2 Å². The summed E-state index contributed by atoms with van der Waals surface area (Å²) in [6.45, 7) is 0.875. The van der Waals surface area contributed by atoms with Crippen molar-refractivity contribution in [2.45, 2.75) is 43.0 Å². The Morgan fingerprint density at radius 3 is 2.60 bits per heavy atom. The van der Waals surface area contributed by atoms with Crippen molar-refractivity contribution in [3.8, 4) is 17.2 Å². The van der Waals surface area contributed by atoms with Crippen LogP contribution in [-0.2, 0) is 0 Å². The smallest absolute Gasteiger partial charge is 0.231 e. The van der Waals surface area contributed by atoms with Crippen molar-refractivity contribution in [1.82, 2.24) is 0 Å². The normalized spacial score (nSPS) is 23.5. The van der Waals surface area contributed by atoms with Gasteiger partial charge >= 0.3 is 0 Å². The molecule has 0 radical (unpaired) electrons. The lowest BCUT2D eigenvalue weighted by Crippen LogP contribution is -2.18. The molecule has 2 aliphatic heterocycles. The molecule has 1 aromatic rings. The minimum Gasteiger partial charge on any atom is -0.485 e. The van der Waals surface area contributed by atoms with Crippen molar-refractivity contribution in [3.05, 3.63) is 12.1 Å². The van der Waals surface area contributed by atoms with Crippen LogP contribution in [0.4, 0.5) is 0 Å². The van der Waals surface area contributed by atoms with Gasteiger partial charge in [-0.3, -0.25) is 4.99 Å². The van der Waals surface area contributed by atoms with Crippen molar-refractivity contribution in [1.29, 1.82) is 0 Å². The lowest BCUT2D eigenvalue weighted by Gasteiger charge is -2.22. The van der Waals surface area contributed by atoms with Crippen LogP contribution in [0.25, 0.3) is 0 Å². The maximum Gasteiger partial charge on any atom is 0.231 e. The van der Waals surface area contributed by atoms with Crippen LogP contribution in [0, 0.1) is 0 Å². The minimum absolute atomic E-state index is 0.298. The van der Waals surface area contributed by atoms with Crippen LogP contribution in [-0.4, -0.2) is 24.5 Å². The Morgan fingerprint density at radius 2 is 1.75 bits per heavy atom.